The van der Waals surface area contributed by atoms with Gasteiger partial charge in [0, 0.05) is 0 Å². The van der Waals surface area contributed by atoms with Gasteiger partial charge in [0.1, 0.15) is 0 Å². The van der Waals surface area contributed by atoms with Crippen LogP contribution in [-0.4, -0.2) is 22.8 Å². The second kappa shape index (κ2) is 11.9. The van der Waals surface area contributed by atoms with E-state index in [0.29, 0.717) is 6.42 Å². The zero-order valence-electron chi connectivity index (χ0n) is 15.4. The first kappa shape index (κ1) is 20.5. The van der Waals surface area contributed by atoms with Crippen molar-refractivity contribution < 1.29 is 14.6 Å². The second-order valence-corrected chi connectivity index (χ2v) is 7.19. The maximum atomic E-state index is 11.1. The molecule has 23 heavy (non-hydrogen) atoms. The molecule has 0 aromatic rings. The Morgan fingerprint density at radius 1 is 0.826 bits per heavy atom. The Kier molecular flexibility index (Phi) is 10.6. The van der Waals surface area contributed by atoms with Gasteiger partial charge >= 0.3 is 5.97 Å². The highest BCUT2D eigenvalue weighted by atomic mass is 16.6. The third-order valence-electron chi connectivity index (χ3n) is 5.27. The van der Waals surface area contributed by atoms with E-state index in [1.54, 1.807) is 0 Å². The third-order valence-corrected chi connectivity index (χ3v) is 5.27. The Morgan fingerprint density at radius 2 is 1.26 bits per heavy atom. The van der Waals surface area contributed by atoms with E-state index in [2.05, 4.69) is 6.92 Å². The van der Waals surface area contributed by atoms with Gasteiger partial charge in [-0.25, -0.2) is 4.79 Å². The minimum atomic E-state index is -0.836. The summed E-state index contributed by atoms with van der Waals surface area (Å²) in [5, 5.41) is 9.15. The Labute approximate surface area is 143 Å². The van der Waals surface area contributed by atoms with Crippen molar-refractivity contribution in [2.75, 3.05) is 0 Å². The van der Waals surface area contributed by atoms with Crippen molar-refractivity contribution >= 4 is 5.97 Å². The van der Waals surface area contributed by atoms with Gasteiger partial charge in [0.05, 0.1) is 6.10 Å². The largest absolute Gasteiger partial charge is 0.479 e. The molecule has 1 saturated heterocycles. The van der Waals surface area contributed by atoms with Crippen molar-refractivity contribution in [1.29, 1.82) is 0 Å². The normalized spacial score (nSPS) is 23.1. The molecule has 0 aromatic heterocycles. The van der Waals surface area contributed by atoms with Crippen LogP contribution in [0.25, 0.3) is 0 Å². The molecule has 0 radical (unpaired) electrons. The SMILES string of the molecule is CCCCCCCCCCCCCCCC1OC1(CC)C(=O)O. The summed E-state index contributed by atoms with van der Waals surface area (Å²) in [5.74, 6) is -0.778. The molecule has 0 spiro atoms. The first-order chi connectivity index (χ1) is 11.2. The lowest BCUT2D eigenvalue weighted by Gasteiger charge is -2.04. The average Bonchev–Trinajstić information content (AvgIpc) is 3.27. The third kappa shape index (κ3) is 7.69. The van der Waals surface area contributed by atoms with Crippen LogP contribution in [0.5, 0.6) is 0 Å². The van der Waals surface area contributed by atoms with Crippen LogP contribution >= 0.6 is 0 Å². The van der Waals surface area contributed by atoms with Crippen LogP contribution < -0.4 is 0 Å². The zero-order valence-corrected chi connectivity index (χ0v) is 15.4. The quantitative estimate of drug-likeness (QED) is 0.275. The van der Waals surface area contributed by atoms with Crippen LogP contribution in [0.4, 0.5) is 0 Å². The Morgan fingerprint density at radius 3 is 1.61 bits per heavy atom. The fourth-order valence-corrected chi connectivity index (χ4v) is 3.51. The number of epoxide rings is 1. The summed E-state index contributed by atoms with van der Waals surface area (Å²) in [6.07, 6.45) is 19.0. The van der Waals surface area contributed by atoms with Crippen molar-refractivity contribution in [2.45, 2.75) is 122 Å². The summed E-state index contributed by atoms with van der Waals surface area (Å²) in [7, 11) is 0. The molecule has 0 saturated carbocycles. The molecule has 0 bridgehead atoms. The monoisotopic (exact) mass is 326 g/mol. The average molecular weight is 327 g/mol. The predicted molar refractivity (Wildman–Crippen MR) is 95.8 cm³/mol. The summed E-state index contributed by atoms with van der Waals surface area (Å²) in [4.78, 5) is 11.1. The number of aliphatic carboxylic acids is 1. The lowest BCUT2D eigenvalue weighted by molar-refractivity contribution is -0.143. The van der Waals surface area contributed by atoms with E-state index in [4.69, 9.17) is 9.84 Å². The topological polar surface area (TPSA) is 49.8 Å². The number of carbonyl (C=O) groups is 1. The first-order valence-electron chi connectivity index (χ1n) is 10.1. The molecule has 2 unspecified atom stereocenters. The van der Waals surface area contributed by atoms with Gasteiger partial charge < -0.3 is 9.84 Å². The number of hydrogen-bond donors (Lipinski definition) is 1. The molecule has 1 rings (SSSR count). The van der Waals surface area contributed by atoms with E-state index in [9.17, 15) is 4.79 Å². The number of carboxylic acid groups (broad SMARTS) is 1. The second-order valence-electron chi connectivity index (χ2n) is 7.19. The van der Waals surface area contributed by atoms with Gasteiger partial charge in [0.25, 0.3) is 0 Å². The van der Waals surface area contributed by atoms with Gasteiger partial charge in [-0.05, 0) is 12.8 Å². The molecule has 1 aliphatic heterocycles. The van der Waals surface area contributed by atoms with E-state index in [-0.39, 0.29) is 6.10 Å². The highest BCUT2D eigenvalue weighted by molar-refractivity contribution is 5.81. The van der Waals surface area contributed by atoms with E-state index in [1.807, 2.05) is 6.92 Å². The van der Waals surface area contributed by atoms with Crippen LogP contribution in [0.15, 0.2) is 0 Å². The van der Waals surface area contributed by atoms with Crippen LogP contribution in [0.1, 0.15) is 110 Å². The van der Waals surface area contributed by atoms with Crippen molar-refractivity contribution in [3.05, 3.63) is 0 Å². The summed E-state index contributed by atoms with van der Waals surface area (Å²) in [6, 6.07) is 0. The number of rotatable bonds is 16. The van der Waals surface area contributed by atoms with Crippen molar-refractivity contribution in [2.24, 2.45) is 0 Å². The molecule has 0 aromatic carbocycles. The minimum absolute atomic E-state index is 0.0299. The van der Waals surface area contributed by atoms with Gasteiger partial charge in [-0.1, -0.05) is 97.3 Å². The van der Waals surface area contributed by atoms with Crippen LogP contribution in [0.3, 0.4) is 0 Å². The molecule has 1 N–H and O–H groups in total. The Balaban J connectivity index is 1.80. The van der Waals surface area contributed by atoms with Gasteiger partial charge in [0.15, 0.2) is 5.60 Å². The van der Waals surface area contributed by atoms with Crippen molar-refractivity contribution in [3.63, 3.8) is 0 Å². The molecule has 136 valence electrons. The molecule has 1 fully saturated rings. The van der Waals surface area contributed by atoms with Gasteiger partial charge in [-0.2, -0.15) is 0 Å². The number of carboxylic acids is 1. The van der Waals surface area contributed by atoms with Crippen LogP contribution in [0.2, 0.25) is 0 Å². The Hall–Kier alpha value is -0.570. The van der Waals surface area contributed by atoms with Gasteiger partial charge in [0.2, 0.25) is 0 Å². The number of ether oxygens (including phenoxy) is 1. The molecular formula is C20H38O3. The van der Waals surface area contributed by atoms with Gasteiger partial charge in [-0.3, -0.25) is 0 Å². The molecule has 0 aliphatic carbocycles. The van der Waals surface area contributed by atoms with E-state index >= 15 is 0 Å². The van der Waals surface area contributed by atoms with Crippen LogP contribution in [-0.2, 0) is 9.53 Å². The maximum Gasteiger partial charge on any atom is 0.338 e. The highest BCUT2D eigenvalue weighted by Gasteiger charge is 2.60. The molecule has 0 amide bonds. The lowest BCUT2D eigenvalue weighted by atomic mass is 9.98. The fourth-order valence-electron chi connectivity index (χ4n) is 3.51. The molecule has 1 heterocycles. The molecule has 3 heteroatoms. The van der Waals surface area contributed by atoms with E-state index in [1.165, 1.54) is 77.0 Å². The summed E-state index contributed by atoms with van der Waals surface area (Å²) >= 11 is 0. The summed E-state index contributed by atoms with van der Waals surface area (Å²) < 4.78 is 5.42. The smallest absolute Gasteiger partial charge is 0.338 e. The standard InChI is InChI=1S/C20H38O3/c1-3-5-6-7-8-9-10-11-12-13-14-15-16-17-18-20(4-2,23-18)19(21)22/h18H,3-17H2,1-2H3,(H,21,22). The highest BCUT2D eigenvalue weighted by Crippen LogP contribution is 2.42. The first-order valence-corrected chi connectivity index (χ1v) is 10.1. The van der Waals surface area contributed by atoms with Crippen molar-refractivity contribution in [1.82, 2.24) is 0 Å². The van der Waals surface area contributed by atoms with Gasteiger partial charge in [-0.15, -0.1) is 0 Å². The molecular weight excluding hydrogens is 288 g/mol. The lowest BCUT2D eigenvalue weighted by Crippen LogP contribution is -2.26. The minimum Gasteiger partial charge on any atom is -0.479 e. The van der Waals surface area contributed by atoms with E-state index < -0.39 is 11.6 Å². The molecule has 1 aliphatic rings. The fraction of sp³-hybridized carbons (Fsp3) is 0.950. The van der Waals surface area contributed by atoms with Crippen molar-refractivity contribution in [3.8, 4) is 0 Å². The molecule has 3 nitrogen and oxygen atoms in total. The Bertz CT molecular complexity index is 316. The number of hydrogen-bond acceptors (Lipinski definition) is 2. The zero-order chi connectivity index (χ0) is 17.0. The van der Waals surface area contributed by atoms with E-state index in [0.717, 1.165) is 12.8 Å². The predicted octanol–water partition coefficient (Wildman–Crippen LogP) is 6.10. The summed E-state index contributed by atoms with van der Waals surface area (Å²) in [6.45, 7) is 4.17. The maximum absolute atomic E-state index is 11.1. The van der Waals surface area contributed by atoms with Crippen LogP contribution in [0, 0.1) is 0 Å². The molecule has 2 atom stereocenters. The summed E-state index contributed by atoms with van der Waals surface area (Å²) in [5.41, 5.74) is -0.836. The number of unbranched alkanes of at least 4 members (excludes halogenated alkanes) is 12.